The molecule has 1 aromatic carbocycles. The lowest BCUT2D eigenvalue weighted by atomic mass is 9.97. The van der Waals surface area contributed by atoms with Crippen LogP contribution in [0.1, 0.15) is 42.5 Å². The highest BCUT2D eigenvalue weighted by molar-refractivity contribution is 5.93. The number of aromatic nitrogens is 5. The Morgan fingerprint density at radius 2 is 1.89 bits per heavy atom. The van der Waals surface area contributed by atoms with E-state index in [1.807, 2.05) is 50.8 Å². The van der Waals surface area contributed by atoms with Crippen LogP contribution in [0.3, 0.4) is 0 Å². The molecule has 0 radical (unpaired) electrons. The number of likely N-dealkylation sites (N-methyl/N-ethyl adjacent to an activating group) is 1. The Balaban J connectivity index is 1.11. The quantitative estimate of drug-likeness (QED) is 0.133. The van der Waals surface area contributed by atoms with E-state index in [9.17, 15) is 4.39 Å². The Labute approximate surface area is 268 Å². The normalized spacial score (nSPS) is 14.8. The van der Waals surface area contributed by atoms with Gasteiger partial charge in [0.25, 0.3) is 0 Å². The highest BCUT2D eigenvalue weighted by Crippen LogP contribution is 2.36. The Bertz CT molecular complexity index is 1870. The lowest BCUT2D eigenvalue weighted by Crippen LogP contribution is -2.20. The summed E-state index contributed by atoms with van der Waals surface area (Å²) in [7, 11) is 4.03. The fourth-order valence-electron chi connectivity index (χ4n) is 6.48. The van der Waals surface area contributed by atoms with Crippen molar-refractivity contribution in [1.29, 1.82) is 0 Å². The SMILES string of the molecule is CN(C)CCNc1cc(F)cc(-c2nccc3c2CC=C(c2n[nH]c4ccc(-c5cncc(CNCC6CCCC6)c5)nc24)N3)c1. The van der Waals surface area contributed by atoms with Crippen LogP contribution in [-0.2, 0) is 13.0 Å². The molecule has 5 aromatic rings. The first-order valence-corrected chi connectivity index (χ1v) is 16.2. The molecule has 0 amide bonds. The number of hydrogen-bond acceptors (Lipinski definition) is 8. The van der Waals surface area contributed by atoms with E-state index >= 15 is 0 Å². The average Bonchev–Trinajstić information content (AvgIpc) is 3.74. The van der Waals surface area contributed by atoms with Gasteiger partial charge in [-0.1, -0.05) is 18.9 Å². The topological polar surface area (TPSA) is 107 Å². The summed E-state index contributed by atoms with van der Waals surface area (Å²) in [6.07, 6.45) is 13.7. The zero-order chi connectivity index (χ0) is 31.5. The van der Waals surface area contributed by atoms with Gasteiger partial charge in [-0.3, -0.25) is 15.1 Å². The van der Waals surface area contributed by atoms with Crippen LogP contribution in [-0.4, -0.2) is 63.8 Å². The molecule has 1 aliphatic carbocycles. The second-order valence-electron chi connectivity index (χ2n) is 12.6. The molecule has 9 nitrogen and oxygen atoms in total. The van der Waals surface area contributed by atoms with E-state index in [1.54, 1.807) is 12.3 Å². The summed E-state index contributed by atoms with van der Waals surface area (Å²) < 4.78 is 14.7. The summed E-state index contributed by atoms with van der Waals surface area (Å²) in [5, 5.41) is 18.3. The molecular formula is C36H40FN9. The number of nitrogens with zero attached hydrogens (tertiary/aromatic N) is 5. The molecule has 4 aromatic heterocycles. The molecule has 1 fully saturated rings. The van der Waals surface area contributed by atoms with Gasteiger partial charge < -0.3 is 20.9 Å². The molecule has 4 N–H and O–H groups in total. The van der Waals surface area contributed by atoms with Gasteiger partial charge in [-0.15, -0.1) is 0 Å². The molecule has 2 aliphatic rings. The van der Waals surface area contributed by atoms with Crippen molar-refractivity contribution < 1.29 is 4.39 Å². The Hall–Kier alpha value is -4.67. The number of H-pyrrole nitrogens is 1. The summed E-state index contributed by atoms with van der Waals surface area (Å²) in [5.74, 6) is 0.502. The van der Waals surface area contributed by atoms with E-state index in [2.05, 4.69) is 53.2 Å². The van der Waals surface area contributed by atoms with Crippen LogP contribution in [0.2, 0.25) is 0 Å². The van der Waals surface area contributed by atoms with Crippen molar-refractivity contribution in [1.82, 2.24) is 35.4 Å². The third-order valence-corrected chi connectivity index (χ3v) is 8.89. The van der Waals surface area contributed by atoms with Crippen molar-refractivity contribution in [3.05, 3.63) is 89.8 Å². The van der Waals surface area contributed by atoms with Crippen molar-refractivity contribution in [3.8, 4) is 22.5 Å². The molecule has 0 spiro atoms. The van der Waals surface area contributed by atoms with Gasteiger partial charge in [-0.25, -0.2) is 9.37 Å². The summed E-state index contributed by atoms with van der Waals surface area (Å²) >= 11 is 0. The van der Waals surface area contributed by atoms with Crippen LogP contribution in [0.25, 0.3) is 39.2 Å². The van der Waals surface area contributed by atoms with E-state index in [0.717, 1.165) is 99.5 Å². The lowest BCUT2D eigenvalue weighted by molar-refractivity contribution is 0.425. The summed E-state index contributed by atoms with van der Waals surface area (Å²) in [6.45, 7) is 3.43. The van der Waals surface area contributed by atoms with E-state index in [-0.39, 0.29) is 5.82 Å². The number of benzene rings is 1. The minimum absolute atomic E-state index is 0.296. The van der Waals surface area contributed by atoms with E-state index in [0.29, 0.717) is 6.42 Å². The monoisotopic (exact) mass is 617 g/mol. The molecular weight excluding hydrogens is 577 g/mol. The molecule has 1 aliphatic heterocycles. The van der Waals surface area contributed by atoms with Crippen LogP contribution in [0, 0.1) is 11.7 Å². The number of halogens is 1. The molecule has 0 atom stereocenters. The van der Waals surface area contributed by atoms with Crippen LogP contribution >= 0.6 is 0 Å². The molecule has 46 heavy (non-hydrogen) atoms. The van der Waals surface area contributed by atoms with Gasteiger partial charge in [0.2, 0.25) is 0 Å². The predicted molar refractivity (Wildman–Crippen MR) is 183 cm³/mol. The van der Waals surface area contributed by atoms with E-state index in [1.165, 1.54) is 31.7 Å². The van der Waals surface area contributed by atoms with Crippen molar-refractivity contribution in [2.24, 2.45) is 5.92 Å². The predicted octanol–water partition coefficient (Wildman–Crippen LogP) is 6.48. The van der Waals surface area contributed by atoms with Crippen LogP contribution < -0.4 is 16.0 Å². The smallest absolute Gasteiger partial charge is 0.134 e. The van der Waals surface area contributed by atoms with Crippen molar-refractivity contribution >= 4 is 28.1 Å². The number of nitrogens with one attached hydrogen (secondary N) is 4. The first kappa shape index (κ1) is 30.0. The molecule has 0 unspecified atom stereocenters. The molecule has 1 saturated carbocycles. The Morgan fingerprint density at radius 1 is 1.00 bits per heavy atom. The molecule has 5 heterocycles. The minimum Gasteiger partial charge on any atom is -0.384 e. The highest BCUT2D eigenvalue weighted by Gasteiger charge is 2.21. The number of fused-ring (bicyclic) bond motifs is 2. The largest absolute Gasteiger partial charge is 0.384 e. The van der Waals surface area contributed by atoms with E-state index < -0.39 is 0 Å². The Morgan fingerprint density at radius 3 is 2.76 bits per heavy atom. The summed E-state index contributed by atoms with van der Waals surface area (Å²) in [6, 6.07) is 13.2. The van der Waals surface area contributed by atoms with Crippen LogP contribution in [0.4, 0.5) is 15.8 Å². The Kier molecular flexibility index (Phi) is 8.72. The number of hydrogen-bond donors (Lipinski definition) is 4. The van der Waals surface area contributed by atoms with Crippen LogP contribution in [0.5, 0.6) is 0 Å². The number of anilines is 2. The number of aromatic amines is 1. The maximum absolute atomic E-state index is 14.7. The molecule has 7 rings (SSSR count). The maximum Gasteiger partial charge on any atom is 0.134 e. The molecule has 0 saturated heterocycles. The third-order valence-electron chi connectivity index (χ3n) is 8.89. The van der Waals surface area contributed by atoms with Gasteiger partial charge >= 0.3 is 0 Å². The van der Waals surface area contributed by atoms with Gasteiger partial charge in [0.05, 0.1) is 22.6 Å². The summed E-state index contributed by atoms with van der Waals surface area (Å²) in [4.78, 5) is 16.3. The van der Waals surface area contributed by atoms with Crippen molar-refractivity contribution in [2.75, 3.05) is 44.4 Å². The average molecular weight is 618 g/mol. The number of rotatable bonds is 11. The van der Waals surface area contributed by atoms with E-state index in [4.69, 9.17) is 4.98 Å². The standard InChI is InChI=1S/C36H40FN9/c1-46(2)14-13-40-28-17-25(16-27(37)18-28)34-29-7-8-32(42-31(29)11-12-41-34)36-35-33(44-45-36)10-9-30(43-35)26-15-24(21-39-22-26)20-38-19-23-5-3-4-6-23/h8-12,15-18,21-23,38,40,42H,3-7,13-14,19-20H2,1-2H3,(H,44,45). The zero-order valence-electron chi connectivity index (χ0n) is 26.4. The third kappa shape index (κ3) is 6.63. The molecule has 10 heteroatoms. The fraction of sp³-hybridized carbons (Fsp3) is 0.333. The zero-order valence-corrected chi connectivity index (χ0v) is 26.4. The molecule has 236 valence electrons. The van der Waals surface area contributed by atoms with Crippen molar-refractivity contribution in [2.45, 2.75) is 38.6 Å². The second-order valence-corrected chi connectivity index (χ2v) is 12.6. The molecule has 0 bridgehead atoms. The van der Waals surface area contributed by atoms with Gasteiger partial charge in [0, 0.05) is 66.3 Å². The maximum atomic E-state index is 14.7. The highest BCUT2D eigenvalue weighted by atomic mass is 19.1. The second kappa shape index (κ2) is 13.4. The first-order valence-electron chi connectivity index (χ1n) is 16.2. The summed E-state index contributed by atoms with van der Waals surface area (Å²) in [5.41, 5.74) is 10.4. The fourth-order valence-corrected chi connectivity index (χ4v) is 6.48. The minimum atomic E-state index is -0.296. The number of allylic oxidation sites excluding steroid dienone is 1. The lowest BCUT2D eigenvalue weighted by Gasteiger charge is -2.21. The van der Waals surface area contributed by atoms with Crippen LogP contribution in [0.15, 0.2) is 67.1 Å². The first-order chi connectivity index (χ1) is 22.5. The van der Waals surface area contributed by atoms with Gasteiger partial charge in [0.1, 0.15) is 17.0 Å². The van der Waals surface area contributed by atoms with Gasteiger partial charge in [-0.05, 0) is 93.8 Å². The van der Waals surface area contributed by atoms with Gasteiger partial charge in [-0.2, -0.15) is 5.10 Å². The number of pyridine rings is 3. The van der Waals surface area contributed by atoms with Crippen molar-refractivity contribution in [3.63, 3.8) is 0 Å². The van der Waals surface area contributed by atoms with Gasteiger partial charge in [0.15, 0.2) is 0 Å².